The van der Waals surface area contributed by atoms with Crippen molar-refractivity contribution in [3.05, 3.63) is 46.0 Å². The minimum absolute atomic E-state index is 0.00288. The van der Waals surface area contributed by atoms with Gasteiger partial charge in [-0.05, 0) is 0 Å². The minimum Gasteiger partial charge on any atom is -0.756 e. The molecule has 0 aromatic carbocycles. The van der Waals surface area contributed by atoms with Gasteiger partial charge in [-0.1, -0.05) is 4.98 Å². The lowest BCUT2D eigenvalue weighted by Gasteiger charge is -2.35. The van der Waals surface area contributed by atoms with Crippen LogP contribution in [0.2, 0.25) is 0 Å². The predicted octanol–water partition coefficient (Wildman–Crippen LogP) is -6.58. The van der Waals surface area contributed by atoms with Crippen LogP contribution in [0.15, 0.2) is 34.9 Å². The summed E-state index contributed by atoms with van der Waals surface area (Å²) < 4.78 is 113. The van der Waals surface area contributed by atoms with Crippen molar-refractivity contribution >= 4 is 82.5 Å². The molecular formula is C33H42N15O24P4-3. The largest absolute Gasteiger partial charge is 0.756 e. The zero-order chi connectivity index (χ0) is 55.0. The molecule has 0 saturated carbocycles. The lowest BCUT2D eigenvalue weighted by atomic mass is 10.1. The summed E-state index contributed by atoms with van der Waals surface area (Å²) in [6, 6.07) is 0. The van der Waals surface area contributed by atoms with Gasteiger partial charge in [-0.25, -0.2) is 33.1 Å². The number of aryl methyl sites for hydroxylation is 1. The number of H-pyrrole nitrogens is 2. The van der Waals surface area contributed by atoms with Crippen LogP contribution in [-0.4, -0.2) is 158 Å². The normalized spacial score (nSPS) is 30.2. The number of aliphatic hydroxyl groups excluding tert-OH is 3. The molecule has 416 valence electrons. The summed E-state index contributed by atoms with van der Waals surface area (Å²) in [4.78, 5) is 106. The number of imidazole rings is 3. The highest BCUT2D eigenvalue weighted by Gasteiger charge is 2.52. The summed E-state index contributed by atoms with van der Waals surface area (Å²) in [6.07, 6.45) is -15.4. The van der Waals surface area contributed by atoms with Gasteiger partial charge in [0.05, 0.1) is 39.5 Å². The molecule has 0 bridgehead atoms. The van der Waals surface area contributed by atoms with E-state index in [2.05, 4.69) is 53.0 Å². The van der Waals surface area contributed by atoms with E-state index in [4.69, 9.17) is 54.5 Å². The molecule has 76 heavy (non-hydrogen) atoms. The fraction of sp³-hybridized carbons (Fsp3) is 0.545. The van der Waals surface area contributed by atoms with E-state index in [0.29, 0.717) is 0 Å². The van der Waals surface area contributed by atoms with Gasteiger partial charge in [0, 0.05) is 14.2 Å². The number of aliphatic hydroxyl groups is 3. The summed E-state index contributed by atoms with van der Waals surface area (Å²) >= 11 is 0. The van der Waals surface area contributed by atoms with Crippen molar-refractivity contribution in [2.75, 3.05) is 51.2 Å². The van der Waals surface area contributed by atoms with Gasteiger partial charge in [0.25, 0.3) is 48.4 Å². The van der Waals surface area contributed by atoms with E-state index in [9.17, 15) is 62.7 Å². The molecule has 0 radical (unpaired) electrons. The monoisotopic (exact) mass is 1160 g/mol. The van der Waals surface area contributed by atoms with E-state index in [0.717, 1.165) is 42.3 Å². The molecule has 6 aromatic heterocycles. The van der Waals surface area contributed by atoms with Crippen molar-refractivity contribution < 1.29 is 108 Å². The maximum atomic E-state index is 13.6. The summed E-state index contributed by atoms with van der Waals surface area (Å²) in [6.45, 7) is -3.57. The van der Waals surface area contributed by atoms with E-state index in [-0.39, 0.29) is 51.2 Å². The van der Waals surface area contributed by atoms with Crippen molar-refractivity contribution in [1.82, 2.24) is 53.6 Å². The van der Waals surface area contributed by atoms with Crippen LogP contribution >= 0.6 is 31.3 Å². The first kappa shape index (κ1) is 55.6. The minimum atomic E-state index is -6.56. The number of ether oxygens (including phenoxy) is 5. The van der Waals surface area contributed by atoms with Gasteiger partial charge in [0.15, 0.2) is 41.4 Å². The molecular weight excluding hydrogens is 1110 g/mol. The zero-order valence-electron chi connectivity index (χ0n) is 38.8. The Balaban J connectivity index is 0.866. The molecule has 3 aliphatic heterocycles. The van der Waals surface area contributed by atoms with Gasteiger partial charge in [0.2, 0.25) is 17.7 Å². The smallest absolute Gasteiger partial charge is 0.313 e. The van der Waals surface area contributed by atoms with Gasteiger partial charge < -0.3 is 93.9 Å². The number of nitrogens with one attached hydrogen (secondary N) is 2. The van der Waals surface area contributed by atoms with Crippen LogP contribution in [0.5, 0.6) is 0 Å². The molecule has 0 aliphatic carbocycles. The number of fused-ring (bicyclic) bond motifs is 3. The van der Waals surface area contributed by atoms with Crippen molar-refractivity contribution in [2.24, 2.45) is 7.05 Å². The third kappa shape index (κ3) is 11.0. The highest BCUT2D eigenvalue weighted by Crippen LogP contribution is 2.63. The number of hydrogen-bond donors (Lipinski definition) is 8. The molecule has 3 saturated heterocycles. The summed E-state index contributed by atoms with van der Waals surface area (Å²) in [5.41, 5.74) is 15.4. The molecule has 39 nitrogen and oxygen atoms in total. The number of phosphoric acid groups is 4. The maximum Gasteiger partial charge on any atom is 0.313 e. The van der Waals surface area contributed by atoms with Gasteiger partial charge >= 0.3 is 5.65 Å². The number of aromatic amines is 2. The number of nitrogens with zero attached hydrogens (tertiary/aromatic N) is 10. The molecule has 43 heteroatoms. The number of nitrogen functional groups attached to an aromatic ring is 3. The first-order valence-corrected chi connectivity index (χ1v) is 27.3. The fourth-order valence-electron chi connectivity index (χ4n) is 8.54. The van der Waals surface area contributed by atoms with E-state index in [1.54, 1.807) is 0 Å². The van der Waals surface area contributed by atoms with Crippen molar-refractivity contribution in [1.29, 1.82) is 0 Å². The van der Waals surface area contributed by atoms with Crippen LogP contribution in [0.1, 0.15) is 18.7 Å². The van der Waals surface area contributed by atoms with Gasteiger partial charge in [-0.2, -0.15) is 4.98 Å². The standard InChI is InChI=1S/C33H45N15O24P4/c1-45-10-48(26-16(45)28(53)44-33(36)42-26)30-19(51)20(62-2)12(68-30)5-65-74(56,57)71-76(60,61)72-75(58,59)66-6-13-21(22(63-3)31(69-13)46-8-39-14-23(34)37-7-38-24(14)46)70-73(54,55)64-4-11-17(49)18(50)29(67-11)47-9-40-15-25(47)41-32(35)43-27(15)52/h7-13,17-22,29-31,49-51H,4-6H2,1-3H3,(H11-,34,35,36,37,38,41,42,43,44,52,53,54,55,56,57,58,59,60,61)/p-3/t11-,12-,13-,17?,18+,19+,20?,21+,22?,29-,30-,31-/m1/s1. The molecule has 3 aliphatic rings. The Hall–Kier alpha value is -5.15. The van der Waals surface area contributed by atoms with Crippen LogP contribution < -0.4 is 52.5 Å². The first-order valence-electron chi connectivity index (χ1n) is 21.5. The third-order valence-electron chi connectivity index (χ3n) is 11.8. The topological polar surface area (TPSA) is 563 Å². The predicted molar refractivity (Wildman–Crippen MR) is 235 cm³/mol. The van der Waals surface area contributed by atoms with Crippen molar-refractivity contribution in [3.8, 4) is 0 Å². The average molecular weight is 1160 g/mol. The number of phosphoric ester groups is 3. The Morgan fingerprint density at radius 1 is 0.671 bits per heavy atom. The van der Waals surface area contributed by atoms with E-state index in [1.807, 2.05) is 0 Å². The second-order valence-corrected chi connectivity index (χ2v) is 22.5. The number of hydrogen-bond acceptors (Lipinski definition) is 33. The molecule has 6 aromatic rings. The molecule has 9 heterocycles. The SMILES string of the molecule is COC1[C@@H](OP(=O)([O-])OC[C@H]2O[C@@H](n3cnc4c(=O)[nH]c(N)nc43)[C@@H](O)C2O)[C@@H](COP(=O)([O-])OP(=O)([O-])OP(=O)([O-])OC[C@H]2O[C@@H]([n+]3cn(C)c4c(=O)[nH]c(N)nc43)[C@@H](O)C2OC)O[C@H]1n1cnc2c(N)ncnc21. The molecule has 7 unspecified atom stereocenters. The van der Waals surface area contributed by atoms with Crippen LogP contribution in [0.4, 0.5) is 17.7 Å². The Morgan fingerprint density at radius 2 is 1.24 bits per heavy atom. The quantitative estimate of drug-likeness (QED) is 0.0260. The number of rotatable bonds is 20. The number of methoxy groups -OCH3 is 2. The second kappa shape index (κ2) is 20.9. The Bertz CT molecular complexity index is 3490. The number of anilines is 3. The summed E-state index contributed by atoms with van der Waals surface area (Å²) in [5, 5.41) is 32.7. The van der Waals surface area contributed by atoms with Gasteiger partial charge in [-0.15, -0.1) is 0 Å². The highest BCUT2D eigenvalue weighted by atomic mass is 31.3. The maximum absolute atomic E-state index is 13.6. The molecule has 0 spiro atoms. The first-order chi connectivity index (χ1) is 35.7. The zero-order valence-corrected chi connectivity index (χ0v) is 42.3. The van der Waals surface area contributed by atoms with Crippen molar-refractivity contribution in [3.63, 3.8) is 0 Å². The third-order valence-corrected chi connectivity index (χ3v) is 16.9. The Kier molecular flexibility index (Phi) is 15.3. The second-order valence-electron chi connectivity index (χ2n) is 16.6. The van der Waals surface area contributed by atoms with Crippen LogP contribution in [0.25, 0.3) is 33.5 Å². The van der Waals surface area contributed by atoms with Gasteiger partial charge in [-0.3, -0.25) is 51.5 Å². The molecule has 11 N–H and O–H groups in total. The van der Waals surface area contributed by atoms with Crippen LogP contribution in [-0.2, 0) is 75.7 Å². The van der Waals surface area contributed by atoms with E-state index >= 15 is 0 Å². The number of nitrogens with two attached hydrogens (primary N) is 3. The molecule has 16 atom stereocenters. The average Bonchev–Trinajstić information content (AvgIpc) is 4.18. The van der Waals surface area contributed by atoms with Crippen molar-refractivity contribution in [2.45, 2.75) is 73.6 Å². The van der Waals surface area contributed by atoms with E-state index in [1.165, 1.54) is 22.5 Å². The molecule has 9 rings (SSSR count). The van der Waals surface area contributed by atoms with Gasteiger partial charge in [0.1, 0.15) is 66.8 Å². The van der Waals surface area contributed by atoms with Crippen LogP contribution in [0.3, 0.4) is 0 Å². The Morgan fingerprint density at radius 3 is 1.89 bits per heavy atom. The lowest BCUT2D eigenvalue weighted by molar-refractivity contribution is -0.745. The lowest BCUT2D eigenvalue weighted by Crippen LogP contribution is -2.46. The molecule has 3 fully saturated rings. The van der Waals surface area contributed by atoms with Crippen LogP contribution in [0, 0.1) is 0 Å². The summed E-state index contributed by atoms with van der Waals surface area (Å²) in [7, 11) is -21.1. The number of aromatic nitrogens is 12. The Labute approximate surface area is 421 Å². The van der Waals surface area contributed by atoms with E-state index < -0.39 is 136 Å². The highest BCUT2D eigenvalue weighted by molar-refractivity contribution is 7.65. The summed E-state index contributed by atoms with van der Waals surface area (Å²) in [5.74, 6) is -0.738. The fourth-order valence-corrected chi connectivity index (χ4v) is 12.9. The molecule has 0 amide bonds.